The van der Waals surface area contributed by atoms with Crippen molar-refractivity contribution in [3.05, 3.63) is 60.2 Å². The van der Waals surface area contributed by atoms with E-state index in [1.54, 1.807) is 13.0 Å². The molecule has 0 radical (unpaired) electrons. The Morgan fingerprint density at radius 2 is 1.90 bits per heavy atom. The quantitative estimate of drug-likeness (QED) is 0.514. The van der Waals surface area contributed by atoms with Gasteiger partial charge in [-0.05, 0) is 31.7 Å². The maximum atomic E-state index is 9.81. The summed E-state index contributed by atoms with van der Waals surface area (Å²) < 4.78 is 5.50. The summed E-state index contributed by atoms with van der Waals surface area (Å²) in [4.78, 5) is 0. The third-order valence-corrected chi connectivity index (χ3v) is 2.97. The van der Waals surface area contributed by atoms with E-state index in [1.165, 1.54) is 0 Å². The van der Waals surface area contributed by atoms with E-state index >= 15 is 0 Å². The molecule has 3 heteroatoms. The number of hydrogen-bond acceptors (Lipinski definition) is 3. The van der Waals surface area contributed by atoms with Crippen molar-refractivity contribution in [1.29, 1.82) is 0 Å². The van der Waals surface area contributed by atoms with Crippen LogP contribution in [0.25, 0.3) is 0 Å². The number of aliphatic hydroxyl groups excluding tert-OH is 2. The van der Waals surface area contributed by atoms with Gasteiger partial charge in [0.25, 0.3) is 0 Å². The van der Waals surface area contributed by atoms with Gasteiger partial charge < -0.3 is 14.9 Å². The molecule has 1 rings (SSSR count). The van der Waals surface area contributed by atoms with E-state index in [4.69, 9.17) is 9.84 Å². The molecule has 1 aromatic carbocycles. The molecule has 0 aromatic heterocycles. The predicted octanol–water partition coefficient (Wildman–Crippen LogP) is 3.23. The van der Waals surface area contributed by atoms with E-state index in [-0.39, 0.29) is 0 Å². The highest BCUT2D eigenvalue weighted by Gasteiger charge is 2.03. The van der Waals surface area contributed by atoms with Crippen molar-refractivity contribution in [3.8, 4) is 0 Å². The first kappa shape index (κ1) is 17.6. The molecule has 2 atom stereocenters. The minimum atomic E-state index is -0.407. The maximum Gasteiger partial charge on any atom is 0.0774 e. The molecule has 0 bridgehead atoms. The molecule has 0 aliphatic rings. The first-order valence-corrected chi connectivity index (χ1v) is 7.49. The molecule has 2 N–H and O–H groups in total. The maximum absolute atomic E-state index is 9.81. The molecule has 0 fully saturated rings. The van der Waals surface area contributed by atoms with E-state index in [0.717, 1.165) is 24.8 Å². The number of ether oxygens (including phenoxy) is 1. The van der Waals surface area contributed by atoms with Gasteiger partial charge in [0.15, 0.2) is 0 Å². The van der Waals surface area contributed by atoms with Gasteiger partial charge in [-0.3, -0.25) is 0 Å². The number of benzene rings is 1. The van der Waals surface area contributed by atoms with Crippen LogP contribution in [0.5, 0.6) is 0 Å². The molecule has 0 saturated carbocycles. The van der Waals surface area contributed by atoms with Crippen LogP contribution >= 0.6 is 0 Å². The number of rotatable bonds is 10. The van der Waals surface area contributed by atoms with Crippen molar-refractivity contribution in [2.75, 3.05) is 6.61 Å². The highest BCUT2D eigenvalue weighted by atomic mass is 16.5. The summed E-state index contributed by atoms with van der Waals surface area (Å²) in [5, 5.41) is 18.8. The van der Waals surface area contributed by atoms with Gasteiger partial charge in [0.2, 0.25) is 0 Å². The number of hydrogen-bond donors (Lipinski definition) is 2. The molecule has 0 amide bonds. The fourth-order valence-corrected chi connectivity index (χ4v) is 1.84. The number of allylic oxidation sites excluding steroid dienone is 3. The van der Waals surface area contributed by atoms with E-state index in [0.29, 0.717) is 13.2 Å². The smallest absolute Gasteiger partial charge is 0.0774 e. The Hall–Kier alpha value is -1.42. The topological polar surface area (TPSA) is 49.7 Å². The summed E-state index contributed by atoms with van der Waals surface area (Å²) in [5.74, 6) is 0. The summed E-state index contributed by atoms with van der Waals surface area (Å²) in [6.07, 6.45) is 9.29. The minimum Gasteiger partial charge on any atom is -0.391 e. The summed E-state index contributed by atoms with van der Waals surface area (Å²) in [6.45, 7) is 2.64. The van der Waals surface area contributed by atoms with Crippen LogP contribution in [0.15, 0.2) is 54.6 Å². The van der Waals surface area contributed by atoms with Gasteiger partial charge in [-0.1, -0.05) is 54.6 Å². The summed E-state index contributed by atoms with van der Waals surface area (Å²) in [7, 11) is 0. The van der Waals surface area contributed by atoms with Crippen LogP contribution < -0.4 is 0 Å². The zero-order valence-corrected chi connectivity index (χ0v) is 12.7. The average molecular weight is 290 g/mol. The Kier molecular flexibility index (Phi) is 9.46. The Bertz CT molecular complexity index is 410. The Morgan fingerprint density at radius 1 is 1.14 bits per heavy atom. The second-order valence-corrected chi connectivity index (χ2v) is 5.14. The molecule has 0 aliphatic heterocycles. The fraction of sp³-hybridized carbons (Fsp3) is 0.444. The molecule has 0 spiro atoms. The fourth-order valence-electron chi connectivity index (χ4n) is 1.84. The Morgan fingerprint density at radius 3 is 2.62 bits per heavy atom. The van der Waals surface area contributed by atoms with Crippen molar-refractivity contribution >= 4 is 0 Å². The monoisotopic (exact) mass is 290 g/mol. The molecule has 1 aromatic rings. The van der Waals surface area contributed by atoms with Crippen LogP contribution in [0.3, 0.4) is 0 Å². The van der Waals surface area contributed by atoms with Crippen molar-refractivity contribution < 1.29 is 14.9 Å². The van der Waals surface area contributed by atoms with Crippen LogP contribution in [0.2, 0.25) is 0 Å². The molecule has 0 aliphatic carbocycles. The van der Waals surface area contributed by atoms with Crippen LogP contribution in [-0.4, -0.2) is 29.0 Å². The zero-order chi connectivity index (χ0) is 15.3. The first-order valence-electron chi connectivity index (χ1n) is 7.49. The minimum absolute atomic E-state index is 0.376. The van der Waals surface area contributed by atoms with Gasteiger partial charge >= 0.3 is 0 Å². The van der Waals surface area contributed by atoms with Gasteiger partial charge in [0.05, 0.1) is 25.4 Å². The lowest BCUT2D eigenvalue weighted by Crippen LogP contribution is -2.14. The average Bonchev–Trinajstić information content (AvgIpc) is 2.47. The summed E-state index contributed by atoms with van der Waals surface area (Å²) >= 11 is 0. The molecule has 116 valence electrons. The highest BCUT2D eigenvalue weighted by Crippen LogP contribution is 2.05. The summed E-state index contributed by atoms with van der Waals surface area (Å²) in [5.41, 5.74) is 1.12. The van der Waals surface area contributed by atoms with E-state index < -0.39 is 12.2 Å². The molecule has 3 nitrogen and oxygen atoms in total. The van der Waals surface area contributed by atoms with Crippen LogP contribution in [-0.2, 0) is 11.3 Å². The number of aliphatic hydroxyl groups is 2. The van der Waals surface area contributed by atoms with Gasteiger partial charge in [-0.15, -0.1) is 0 Å². The Balaban J connectivity index is 2.02. The van der Waals surface area contributed by atoms with Crippen molar-refractivity contribution in [3.63, 3.8) is 0 Å². The highest BCUT2D eigenvalue weighted by molar-refractivity contribution is 5.13. The van der Waals surface area contributed by atoms with E-state index in [9.17, 15) is 5.11 Å². The van der Waals surface area contributed by atoms with E-state index in [2.05, 4.69) is 0 Å². The summed E-state index contributed by atoms with van der Waals surface area (Å²) in [6, 6.07) is 9.96. The van der Waals surface area contributed by atoms with E-state index in [1.807, 2.05) is 48.6 Å². The lowest BCUT2D eigenvalue weighted by molar-refractivity contribution is 0.0238. The molecule has 21 heavy (non-hydrogen) atoms. The second kappa shape index (κ2) is 11.3. The lowest BCUT2D eigenvalue weighted by atomic mass is 10.1. The lowest BCUT2D eigenvalue weighted by Gasteiger charge is -2.10. The van der Waals surface area contributed by atoms with Gasteiger partial charge in [0, 0.05) is 0 Å². The van der Waals surface area contributed by atoms with Crippen molar-refractivity contribution in [2.24, 2.45) is 0 Å². The standard InChI is InChI=1S/C18H26O3/c1-16(19)10-6-3-2-4-9-13-18(20)15-21-14-17-11-7-5-8-12-17/h2-3,5-8,10-12,16,18-20H,4,9,13-15H2,1H3/b3-2+,10-6+/t16-,18+/m1/s1. The molecular weight excluding hydrogens is 264 g/mol. The second-order valence-electron chi connectivity index (χ2n) is 5.14. The largest absolute Gasteiger partial charge is 0.391 e. The van der Waals surface area contributed by atoms with Gasteiger partial charge in [-0.2, -0.15) is 0 Å². The predicted molar refractivity (Wildman–Crippen MR) is 85.9 cm³/mol. The van der Waals surface area contributed by atoms with Crippen LogP contribution in [0, 0.1) is 0 Å². The van der Waals surface area contributed by atoms with Crippen LogP contribution in [0.1, 0.15) is 31.7 Å². The normalized spacial score (nSPS) is 14.8. The molecular formula is C18H26O3. The third kappa shape index (κ3) is 10.0. The molecule has 0 saturated heterocycles. The Labute approximate surface area is 127 Å². The molecule has 0 unspecified atom stereocenters. The van der Waals surface area contributed by atoms with Gasteiger partial charge in [0.1, 0.15) is 0 Å². The first-order chi connectivity index (χ1) is 10.2. The third-order valence-electron chi connectivity index (χ3n) is 2.97. The molecule has 0 heterocycles. The van der Waals surface area contributed by atoms with Crippen molar-refractivity contribution in [1.82, 2.24) is 0 Å². The van der Waals surface area contributed by atoms with Crippen molar-refractivity contribution in [2.45, 2.75) is 45.0 Å². The SMILES string of the molecule is C[C@@H](O)/C=C/C=C/CCC[C@H](O)COCc1ccccc1. The number of unbranched alkanes of at least 4 members (excludes halogenated alkanes) is 1. The zero-order valence-electron chi connectivity index (χ0n) is 12.7. The van der Waals surface area contributed by atoms with Gasteiger partial charge in [-0.25, -0.2) is 0 Å². The van der Waals surface area contributed by atoms with Crippen LogP contribution in [0.4, 0.5) is 0 Å².